The molecule has 4 nitrogen and oxygen atoms in total. The van der Waals surface area contributed by atoms with Gasteiger partial charge >= 0.3 is 5.69 Å². The Morgan fingerprint density at radius 2 is 1.32 bits per heavy atom. The molecule has 1 unspecified atom stereocenters. The number of hydrogen-bond acceptors (Lipinski definition) is 2. The van der Waals surface area contributed by atoms with E-state index in [9.17, 15) is 9.59 Å². The number of aryl methyl sites for hydroxylation is 1. The summed E-state index contributed by atoms with van der Waals surface area (Å²) in [5, 5.41) is 0. The lowest BCUT2D eigenvalue weighted by Gasteiger charge is -2.20. The Morgan fingerprint density at radius 3 is 1.84 bits per heavy atom. The molecule has 1 N–H and O–H groups in total. The average molecular weight is 351 g/mol. The van der Waals surface area contributed by atoms with Crippen molar-refractivity contribution in [3.05, 3.63) is 32.6 Å². The minimum Gasteiger partial charge on any atom is -0.297 e. The normalized spacial score (nSPS) is 12.4. The highest BCUT2D eigenvalue weighted by molar-refractivity contribution is 5.01. The molecule has 0 aliphatic heterocycles. The van der Waals surface area contributed by atoms with Crippen molar-refractivity contribution >= 4 is 0 Å². The molecule has 1 aromatic heterocycles. The van der Waals surface area contributed by atoms with Crippen LogP contribution in [0.3, 0.4) is 0 Å². The molecular weight excluding hydrogens is 312 g/mol. The monoisotopic (exact) mass is 350 g/mol. The summed E-state index contributed by atoms with van der Waals surface area (Å²) in [6.45, 7) is 6.24. The van der Waals surface area contributed by atoms with E-state index in [-0.39, 0.29) is 17.3 Å². The summed E-state index contributed by atoms with van der Waals surface area (Å²) in [7, 11) is 0. The van der Waals surface area contributed by atoms with E-state index in [4.69, 9.17) is 0 Å². The van der Waals surface area contributed by atoms with Gasteiger partial charge < -0.3 is 0 Å². The summed E-state index contributed by atoms with van der Waals surface area (Å²) in [6.07, 6.45) is 17.6. The zero-order valence-corrected chi connectivity index (χ0v) is 16.6. The van der Waals surface area contributed by atoms with Gasteiger partial charge in [-0.3, -0.25) is 14.3 Å². The van der Waals surface area contributed by atoms with E-state index >= 15 is 0 Å². The highest BCUT2D eigenvalue weighted by atomic mass is 16.2. The molecule has 0 fully saturated rings. The van der Waals surface area contributed by atoms with Gasteiger partial charge in [0.1, 0.15) is 0 Å². The van der Waals surface area contributed by atoms with Gasteiger partial charge in [-0.15, -0.1) is 0 Å². The number of nitrogens with one attached hydrogen (secondary N) is 1. The fourth-order valence-corrected chi connectivity index (χ4v) is 3.42. The van der Waals surface area contributed by atoms with Crippen molar-refractivity contribution in [3.63, 3.8) is 0 Å². The molecule has 0 saturated carbocycles. The molecule has 0 aromatic carbocycles. The van der Waals surface area contributed by atoms with E-state index in [0.29, 0.717) is 5.56 Å². The van der Waals surface area contributed by atoms with Crippen LogP contribution in [0, 0.1) is 6.92 Å². The fraction of sp³-hybridized carbons (Fsp3) is 0.810. The van der Waals surface area contributed by atoms with Crippen LogP contribution in [0.25, 0.3) is 0 Å². The Labute approximate surface area is 153 Å². The SMILES string of the molecule is CCCCCCCCC(CCCCCCC)n1cc(C)c(=O)[nH]c1=O. The quantitative estimate of drug-likeness (QED) is 0.451. The highest BCUT2D eigenvalue weighted by Crippen LogP contribution is 2.22. The predicted molar refractivity (Wildman–Crippen MR) is 106 cm³/mol. The molecule has 1 heterocycles. The molecule has 0 radical (unpaired) electrons. The van der Waals surface area contributed by atoms with E-state index in [1.807, 2.05) is 0 Å². The van der Waals surface area contributed by atoms with E-state index in [1.165, 1.54) is 57.8 Å². The predicted octanol–water partition coefficient (Wildman–Crippen LogP) is 5.50. The molecule has 0 spiro atoms. The molecule has 4 heteroatoms. The van der Waals surface area contributed by atoms with Crippen LogP contribution in [-0.2, 0) is 0 Å². The summed E-state index contributed by atoms with van der Waals surface area (Å²) in [6, 6.07) is 0.218. The Kier molecular flexibility index (Phi) is 11.3. The molecule has 0 bridgehead atoms. The van der Waals surface area contributed by atoms with E-state index in [2.05, 4.69) is 18.8 Å². The molecule has 0 aliphatic rings. The third-order valence-electron chi connectivity index (χ3n) is 5.07. The summed E-state index contributed by atoms with van der Waals surface area (Å²) in [5.41, 5.74) is 0.112. The van der Waals surface area contributed by atoms with Crippen LogP contribution in [0.1, 0.15) is 109 Å². The van der Waals surface area contributed by atoms with Gasteiger partial charge in [0.25, 0.3) is 5.56 Å². The molecular formula is C21H38N2O2. The fourth-order valence-electron chi connectivity index (χ4n) is 3.42. The summed E-state index contributed by atoms with van der Waals surface area (Å²) < 4.78 is 1.78. The van der Waals surface area contributed by atoms with Gasteiger partial charge in [-0.2, -0.15) is 0 Å². The van der Waals surface area contributed by atoms with Crippen LogP contribution >= 0.6 is 0 Å². The number of nitrogens with zero attached hydrogens (tertiary/aromatic N) is 1. The minimum absolute atomic E-state index is 0.218. The van der Waals surface area contributed by atoms with Crippen molar-refractivity contribution in [2.75, 3.05) is 0 Å². The Balaban J connectivity index is 2.62. The van der Waals surface area contributed by atoms with Gasteiger partial charge in [-0.05, 0) is 19.8 Å². The number of rotatable bonds is 14. The zero-order chi connectivity index (χ0) is 18.5. The largest absolute Gasteiger partial charge is 0.328 e. The van der Waals surface area contributed by atoms with Crippen LogP contribution in [-0.4, -0.2) is 9.55 Å². The van der Waals surface area contributed by atoms with Gasteiger partial charge in [-0.25, -0.2) is 4.79 Å². The summed E-state index contributed by atoms with van der Waals surface area (Å²) in [5.74, 6) is 0. The molecule has 1 atom stereocenters. The van der Waals surface area contributed by atoms with Gasteiger partial charge in [0, 0.05) is 17.8 Å². The number of unbranched alkanes of at least 4 members (excludes halogenated alkanes) is 9. The first-order valence-corrected chi connectivity index (χ1v) is 10.4. The van der Waals surface area contributed by atoms with Gasteiger partial charge in [0.05, 0.1) is 0 Å². The van der Waals surface area contributed by atoms with E-state index < -0.39 is 0 Å². The lowest BCUT2D eigenvalue weighted by Crippen LogP contribution is -2.33. The molecule has 0 aliphatic carbocycles. The first-order chi connectivity index (χ1) is 12.1. The Morgan fingerprint density at radius 1 is 0.840 bits per heavy atom. The van der Waals surface area contributed by atoms with E-state index in [1.54, 1.807) is 17.7 Å². The minimum atomic E-state index is -0.262. The Bertz CT molecular complexity index is 574. The van der Waals surface area contributed by atoms with Crippen molar-refractivity contribution in [1.29, 1.82) is 0 Å². The second-order valence-electron chi connectivity index (χ2n) is 7.39. The maximum Gasteiger partial charge on any atom is 0.328 e. The van der Waals surface area contributed by atoms with Crippen LogP contribution in [0.4, 0.5) is 0 Å². The first kappa shape index (κ1) is 21.7. The lowest BCUT2D eigenvalue weighted by molar-refractivity contribution is 0.380. The van der Waals surface area contributed by atoms with Crippen LogP contribution < -0.4 is 11.2 Å². The molecule has 144 valence electrons. The van der Waals surface area contributed by atoms with Crippen molar-refractivity contribution in [3.8, 4) is 0 Å². The molecule has 0 saturated heterocycles. The van der Waals surface area contributed by atoms with Crippen molar-refractivity contribution in [2.24, 2.45) is 0 Å². The molecule has 1 rings (SSSR count). The van der Waals surface area contributed by atoms with Gasteiger partial charge in [0.15, 0.2) is 0 Å². The smallest absolute Gasteiger partial charge is 0.297 e. The van der Waals surface area contributed by atoms with Crippen LogP contribution in [0.15, 0.2) is 15.8 Å². The van der Waals surface area contributed by atoms with Gasteiger partial charge in [-0.1, -0.05) is 84.5 Å². The second-order valence-corrected chi connectivity index (χ2v) is 7.39. The summed E-state index contributed by atoms with van der Waals surface area (Å²) in [4.78, 5) is 26.4. The molecule has 1 aromatic rings. The lowest BCUT2D eigenvalue weighted by atomic mass is 10.00. The topological polar surface area (TPSA) is 54.9 Å². The first-order valence-electron chi connectivity index (χ1n) is 10.4. The highest BCUT2D eigenvalue weighted by Gasteiger charge is 2.13. The molecule has 25 heavy (non-hydrogen) atoms. The number of hydrogen-bond donors (Lipinski definition) is 1. The summed E-state index contributed by atoms with van der Waals surface area (Å²) >= 11 is 0. The number of H-pyrrole nitrogens is 1. The maximum atomic E-state index is 12.3. The maximum absolute atomic E-state index is 12.3. The number of aromatic nitrogens is 2. The Hall–Kier alpha value is -1.32. The standard InChI is InChI=1S/C21H38N2O2/c1-4-6-8-10-12-14-16-19(15-13-11-9-7-5-2)23-17-18(3)20(24)22-21(23)25/h17,19H,4-16H2,1-3H3,(H,22,24,25). The van der Waals surface area contributed by atoms with Crippen molar-refractivity contribution in [2.45, 2.75) is 110 Å². The van der Waals surface area contributed by atoms with Gasteiger partial charge in [0.2, 0.25) is 0 Å². The van der Waals surface area contributed by atoms with Crippen LogP contribution in [0.2, 0.25) is 0 Å². The van der Waals surface area contributed by atoms with E-state index in [0.717, 1.165) is 25.7 Å². The molecule has 0 amide bonds. The third-order valence-corrected chi connectivity index (χ3v) is 5.07. The number of aromatic amines is 1. The van der Waals surface area contributed by atoms with Crippen LogP contribution in [0.5, 0.6) is 0 Å². The van der Waals surface area contributed by atoms with Crippen molar-refractivity contribution in [1.82, 2.24) is 9.55 Å². The van der Waals surface area contributed by atoms with Crippen molar-refractivity contribution < 1.29 is 0 Å². The average Bonchev–Trinajstić information content (AvgIpc) is 2.59. The second kappa shape index (κ2) is 13.0. The zero-order valence-electron chi connectivity index (χ0n) is 16.6. The third kappa shape index (κ3) is 8.55.